The second kappa shape index (κ2) is 6.67. The molecule has 0 radical (unpaired) electrons. The normalized spacial score (nSPS) is 26.9. The molecule has 1 aliphatic heterocycles. The van der Waals surface area contributed by atoms with Crippen molar-refractivity contribution in [1.29, 1.82) is 0 Å². The first kappa shape index (κ1) is 18.6. The molecule has 1 saturated carbocycles. The predicted octanol–water partition coefficient (Wildman–Crippen LogP) is 4.90. The third-order valence-electron chi connectivity index (χ3n) is 5.80. The minimum atomic E-state index is -0.348. The van der Waals surface area contributed by atoms with Crippen molar-refractivity contribution < 1.29 is 9.13 Å². The SMILES string of the molecule is COc1ccc(N=C(SC)N2C[C@]3(C)C[C@]3(c3cccc(F)c3Cl)C2)cn1. The van der Waals surface area contributed by atoms with Gasteiger partial charge >= 0.3 is 0 Å². The molecule has 1 aromatic heterocycles. The lowest BCUT2D eigenvalue weighted by Crippen LogP contribution is -2.31. The fraction of sp³-hybridized carbons (Fsp3) is 0.400. The average molecular weight is 406 g/mol. The summed E-state index contributed by atoms with van der Waals surface area (Å²) < 4.78 is 19.1. The van der Waals surface area contributed by atoms with E-state index in [2.05, 4.69) is 16.8 Å². The molecular formula is C20H21ClFN3OS. The Balaban J connectivity index is 1.62. The summed E-state index contributed by atoms with van der Waals surface area (Å²) in [6.07, 6.45) is 4.74. The van der Waals surface area contributed by atoms with Crippen molar-refractivity contribution in [3.05, 3.63) is 52.9 Å². The highest BCUT2D eigenvalue weighted by molar-refractivity contribution is 8.13. The van der Waals surface area contributed by atoms with Crippen LogP contribution in [-0.2, 0) is 5.41 Å². The Bertz CT molecular complexity index is 907. The number of halogens is 2. The third kappa shape index (κ3) is 2.99. The first-order valence-corrected chi connectivity index (χ1v) is 10.3. The summed E-state index contributed by atoms with van der Waals surface area (Å²) in [6, 6.07) is 8.82. The maximum absolute atomic E-state index is 14.0. The highest BCUT2D eigenvalue weighted by atomic mass is 35.5. The van der Waals surface area contributed by atoms with Gasteiger partial charge in [0.15, 0.2) is 5.17 Å². The summed E-state index contributed by atoms with van der Waals surface area (Å²) in [7, 11) is 1.59. The third-order valence-corrected chi connectivity index (χ3v) is 6.90. The monoisotopic (exact) mass is 405 g/mol. The smallest absolute Gasteiger partial charge is 0.213 e. The van der Waals surface area contributed by atoms with Crippen molar-refractivity contribution >= 4 is 34.2 Å². The van der Waals surface area contributed by atoms with Crippen LogP contribution in [0.4, 0.5) is 10.1 Å². The molecule has 2 aromatic rings. The van der Waals surface area contributed by atoms with Crippen LogP contribution in [0, 0.1) is 11.2 Å². The van der Waals surface area contributed by atoms with E-state index < -0.39 is 0 Å². The zero-order valence-corrected chi connectivity index (χ0v) is 17.1. The Morgan fingerprint density at radius 1 is 1.33 bits per heavy atom. The van der Waals surface area contributed by atoms with Gasteiger partial charge < -0.3 is 9.64 Å². The number of benzene rings is 1. The van der Waals surface area contributed by atoms with Crippen molar-refractivity contribution in [3.63, 3.8) is 0 Å². The van der Waals surface area contributed by atoms with Crippen LogP contribution in [0.15, 0.2) is 41.5 Å². The molecule has 0 N–H and O–H groups in total. The van der Waals surface area contributed by atoms with E-state index in [1.165, 1.54) is 6.07 Å². The lowest BCUT2D eigenvalue weighted by Gasteiger charge is -2.24. The highest BCUT2D eigenvalue weighted by Gasteiger charge is 2.70. The van der Waals surface area contributed by atoms with Crippen LogP contribution in [0.3, 0.4) is 0 Å². The number of thioether (sulfide) groups is 1. The number of fused-ring (bicyclic) bond motifs is 1. The van der Waals surface area contributed by atoms with Crippen molar-refractivity contribution in [2.24, 2.45) is 10.4 Å². The summed E-state index contributed by atoms with van der Waals surface area (Å²) in [4.78, 5) is 11.3. The Morgan fingerprint density at radius 2 is 2.15 bits per heavy atom. The number of ether oxygens (including phenoxy) is 1. The lowest BCUT2D eigenvalue weighted by atomic mass is 9.89. The Labute approximate surface area is 167 Å². The molecule has 0 spiro atoms. The molecule has 27 heavy (non-hydrogen) atoms. The van der Waals surface area contributed by atoms with Gasteiger partial charge in [0, 0.05) is 24.6 Å². The molecule has 7 heteroatoms. The van der Waals surface area contributed by atoms with Crippen molar-refractivity contribution in [3.8, 4) is 5.88 Å². The summed E-state index contributed by atoms with van der Waals surface area (Å²) in [5.74, 6) is 0.216. The molecule has 142 valence electrons. The van der Waals surface area contributed by atoms with E-state index in [1.807, 2.05) is 18.4 Å². The molecule has 0 amide bonds. The number of aromatic nitrogens is 1. The fourth-order valence-electron chi connectivity index (χ4n) is 4.31. The topological polar surface area (TPSA) is 37.7 Å². The van der Waals surface area contributed by atoms with Gasteiger partial charge in [-0.2, -0.15) is 0 Å². The molecule has 1 aliphatic carbocycles. The number of aliphatic imine (C=N–C) groups is 1. The second-order valence-electron chi connectivity index (χ2n) is 7.43. The van der Waals surface area contributed by atoms with Gasteiger partial charge in [-0.3, -0.25) is 0 Å². The number of rotatable bonds is 3. The molecule has 1 saturated heterocycles. The Hall–Kier alpha value is -1.79. The van der Waals surface area contributed by atoms with E-state index in [-0.39, 0.29) is 21.7 Å². The summed E-state index contributed by atoms with van der Waals surface area (Å²) in [6.45, 7) is 3.92. The van der Waals surface area contributed by atoms with Gasteiger partial charge in [-0.25, -0.2) is 14.4 Å². The van der Waals surface area contributed by atoms with Crippen molar-refractivity contribution in [2.75, 3.05) is 26.5 Å². The van der Waals surface area contributed by atoms with Crippen LogP contribution >= 0.6 is 23.4 Å². The van der Waals surface area contributed by atoms with Crippen LogP contribution < -0.4 is 4.74 Å². The van der Waals surface area contributed by atoms with Crippen LogP contribution in [0.25, 0.3) is 0 Å². The fourth-order valence-corrected chi connectivity index (χ4v) is 5.20. The molecular weight excluding hydrogens is 385 g/mol. The second-order valence-corrected chi connectivity index (χ2v) is 8.59. The Morgan fingerprint density at radius 3 is 2.81 bits per heavy atom. The van der Waals surface area contributed by atoms with Crippen LogP contribution in [0.1, 0.15) is 18.9 Å². The molecule has 2 heterocycles. The van der Waals surface area contributed by atoms with Crippen molar-refractivity contribution in [1.82, 2.24) is 9.88 Å². The van der Waals surface area contributed by atoms with Gasteiger partial charge in [0.1, 0.15) is 5.82 Å². The number of amidine groups is 1. The van der Waals surface area contributed by atoms with Gasteiger partial charge in [-0.15, -0.1) is 0 Å². The molecule has 0 unspecified atom stereocenters. The molecule has 2 atom stereocenters. The van der Waals surface area contributed by atoms with Gasteiger partial charge in [-0.1, -0.05) is 42.4 Å². The van der Waals surface area contributed by atoms with Gasteiger partial charge in [-0.05, 0) is 35.8 Å². The Kier molecular flexibility index (Phi) is 4.59. The molecule has 1 aromatic carbocycles. The van der Waals surface area contributed by atoms with Crippen LogP contribution in [0.2, 0.25) is 5.02 Å². The molecule has 2 aliphatic rings. The number of methoxy groups -OCH3 is 1. The zero-order chi connectivity index (χ0) is 19.2. The van der Waals surface area contributed by atoms with Crippen LogP contribution in [0.5, 0.6) is 5.88 Å². The quantitative estimate of drug-likeness (QED) is 0.538. The summed E-state index contributed by atoms with van der Waals surface area (Å²) >= 11 is 7.93. The summed E-state index contributed by atoms with van der Waals surface area (Å²) in [5.41, 5.74) is 1.67. The molecule has 4 nitrogen and oxygen atoms in total. The van der Waals surface area contributed by atoms with Gasteiger partial charge in [0.2, 0.25) is 5.88 Å². The van der Waals surface area contributed by atoms with Crippen LogP contribution in [-0.4, -0.2) is 41.5 Å². The highest BCUT2D eigenvalue weighted by Crippen LogP contribution is 2.69. The minimum absolute atomic E-state index is 0.0824. The minimum Gasteiger partial charge on any atom is -0.481 e. The largest absolute Gasteiger partial charge is 0.481 e. The number of nitrogens with zero attached hydrogens (tertiary/aromatic N) is 3. The molecule has 2 fully saturated rings. The van der Waals surface area contributed by atoms with E-state index in [1.54, 1.807) is 37.2 Å². The number of hydrogen-bond acceptors (Lipinski definition) is 4. The van der Waals surface area contributed by atoms with E-state index >= 15 is 0 Å². The number of likely N-dealkylation sites (tertiary alicyclic amines) is 1. The first-order chi connectivity index (χ1) is 12.9. The van der Waals surface area contributed by atoms with E-state index in [9.17, 15) is 4.39 Å². The van der Waals surface area contributed by atoms with E-state index in [4.69, 9.17) is 21.3 Å². The predicted molar refractivity (Wildman–Crippen MR) is 109 cm³/mol. The zero-order valence-electron chi connectivity index (χ0n) is 15.5. The average Bonchev–Trinajstić information content (AvgIpc) is 3.14. The standard InChI is InChI=1S/C20H21ClFN3OS/c1-19-10-20(19,14-5-4-6-15(22)17(14)21)12-25(11-19)18(27-3)24-13-7-8-16(26-2)23-9-13/h4-9H,10-12H2,1-3H3/t19-,20+/m0/s1. The van der Waals surface area contributed by atoms with E-state index in [0.717, 1.165) is 35.9 Å². The number of piperidine rings is 1. The van der Waals surface area contributed by atoms with E-state index in [0.29, 0.717) is 5.88 Å². The molecule has 0 bridgehead atoms. The number of pyridine rings is 1. The van der Waals surface area contributed by atoms with Gasteiger partial charge in [0.25, 0.3) is 0 Å². The number of hydrogen-bond donors (Lipinski definition) is 0. The first-order valence-electron chi connectivity index (χ1n) is 8.75. The molecule has 4 rings (SSSR count). The summed E-state index contributed by atoms with van der Waals surface area (Å²) in [5, 5.41) is 1.19. The maximum Gasteiger partial charge on any atom is 0.213 e. The van der Waals surface area contributed by atoms with Crippen molar-refractivity contribution in [2.45, 2.75) is 18.8 Å². The maximum atomic E-state index is 14.0. The lowest BCUT2D eigenvalue weighted by molar-refractivity contribution is 0.398. The van der Waals surface area contributed by atoms with Gasteiger partial charge in [0.05, 0.1) is 24.0 Å².